The first-order valence-electron chi connectivity index (χ1n) is 6.11. The highest BCUT2D eigenvalue weighted by atomic mass is 16.5. The summed E-state index contributed by atoms with van der Waals surface area (Å²) >= 11 is 0. The third-order valence-corrected chi connectivity index (χ3v) is 2.44. The average Bonchev–Trinajstić information content (AvgIpc) is 2.30. The summed E-state index contributed by atoms with van der Waals surface area (Å²) in [6.45, 7) is 7.06. The van der Waals surface area contributed by atoms with E-state index in [0.717, 1.165) is 12.1 Å². The van der Waals surface area contributed by atoms with E-state index < -0.39 is 0 Å². The molecule has 1 amide bonds. The van der Waals surface area contributed by atoms with Crippen LogP contribution in [0.25, 0.3) is 0 Å². The van der Waals surface area contributed by atoms with Crippen LogP contribution in [0.3, 0.4) is 0 Å². The van der Waals surface area contributed by atoms with Crippen molar-refractivity contribution in [3.63, 3.8) is 0 Å². The van der Waals surface area contributed by atoms with Crippen LogP contribution in [0.5, 0.6) is 0 Å². The topological polar surface area (TPSA) is 38.3 Å². The molecule has 0 bridgehead atoms. The van der Waals surface area contributed by atoms with E-state index in [-0.39, 0.29) is 12.5 Å². The van der Waals surface area contributed by atoms with E-state index in [1.54, 1.807) is 0 Å². The molecule has 0 saturated heterocycles. The third kappa shape index (κ3) is 5.00. The van der Waals surface area contributed by atoms with E-state index in [1.807, 2.05) is 31.2 Å². The number of amides is 1. The molecule has 94 valence electrons. The molecule has 0 aliphatic rings. The fraction of sp³-hybridized carbons (Fsp3) is 0.500. The predicted octanol–water partition coefficient (Wildman–Crippen LogP) is 3.18. The van der Waals surface area contributed by atoms with Crippen LogP contribution < -0.4 is 5.32 Å². The second-order valence-electron chi connectivity index (χ2n) is 4.38. The van der Waals surface area contributed by atoms with Crippen molar-refractivity contribution in [3.05, 3.63) is 29.8 Å². The minimum absolute atomic E-state index is 0.101. The Hall–Kier alpha value is -1.35. The molecule has 1 N–H and O–H groups in total. The zero-order valence-corrected chi connectivity index (χ0v) is 10.8. The molecule has 0 aliphatic heterocycles. The molecule has 0 radical (unpaired) electrons. The summed E-state index contributed by atoms with van der Waals surface area (Å²) in [6, 6.07) is 7.92. The minimum atomic E-state index is -0.101. The van der Waals surface area contributed by atoms with Crippen LogP contribution in [0.2, 0.25) is 0 Å². The number of hydrogen-bond donors (Lipinski definition) is 1. The average molecular weight is 235 g/mol. The van der Waals surface area contributed by atoms with Crippen molar-refractivity contribution in [1.82, 2.24) is 0 Å². The quantitative estimate of drug-likeness (QED) is 0.769. The lowest BCUT2D eigenvalue weighted by atomic mass is 10.0. The fourth-order valence-corrected chi connectivity index (χ4v) is 1.46. The Bertz CT molecular complexity index is 344. The SMILES string of the molecule is CCCOCC(=O)Nc1ccc(C(C)C)cc1. The zero-order valence-electron chi connectivity index (χ0n) is 10.8. The molecule has 17 heavy (non-hydrogen) atoms. The molecule has 0 heterocycles. The first-order chi connectivity index (χ1) is 8.13. The van der Waals surface area contributed by atoms with Gasteiger partial charge in [-0.05, 0) is 30.0 Å². The van der Waals surface area contributed by atoms with Gasteiger partial charge in [-0.1, -0.05) is 32.9 Å². The van der Waals surface area contributed by atoms with Gasteiger partial charge < -0.3 is 10.1 Å². The summed E-state index contributed by atoms with van der Waals surface area (Å²) < 4.78 is 5.17. The van der Waals surface area contributed by atoms with Gasteiger partial charge in [0.25, 0.3) is 0 Å². The lowest BCUT2D eigenvalue weighted by molar-refractivity contribution is -0.120. The molecule has 0 atom stereocenters. The van der Waals surface area contributed by atoms with Gasteiger partial charge in [0.05, 0.1) is 0 Å². The van der Waals surface area contributed by atoms with Gasteiger partial charge in [0.15, 0.2) is 0 Å². The molecule has 1 aromatic rings. The van der Waals surface area contributed by atoms with E-state index >= 15 is 0 Å². The fourth-order valence-electron chi connectivity index (χ4n) is 1.46. The maximum Gasteiger partial charge on any atom is 0.250 e. The van der Waals surface area contributed by atoms with Crippen molar-refractivity contribution >= 4 is 11.6 Å². The molecule has 1 rings (SSSR count). The summed E-state index contributed by atoms with van der Waals surface area (Å²) in [4.78, 5) is 11.5. The molecule has 3 nitrogen and oxygen atoms in total. The van der Waals surface area contributed by atoms with Crippen LogP contribution in [0, 0.1) is 0 Å². The van der Waals surface area contributed by atoms with E-state index in [2.05, 4.69) is 19.2 Å². The standard InChI is InChI=1S/C14H21NO2/c1-4-9-17-10-14(16)15-13-7-5-12(6-8-13)11(2)3/h5-8,11H,4,9-10H2,1-3H3,(H,15,16). The number of ether oxygens (including phenoxy) is 1. The van der Waals surface area contributed by atoms with Crippen LogP contribution in [0.1, 0.15) is 38.7 Å². The van der Waals surface area contributed by atoms with Gasteiger partial charge in [-0.25, -0.2) is 0 Å². The van der Waals surface area contributed by atoms with Gasteiger partial charge in [0.1, 0.15) is 6.61 Å². The maximum atomic E-state index is 11.5. The molecule has 0 spiro atoms. The van der Waals surface area contributed by atoms with E-state index in [0.29, 0.717) is 12.5 Å². The Morgan fingerprint density at radius 2 is 1.94 bits per heavy atom. The van der Waals surface area contributed by atoms with E-state index in [1.165, 1.54) is 5.56 Å². The van der Waals surface area contributed by atoms with Gasteiger partial charge in [0, 0.05) is 12.3 Å². The van der Waals surface area contributed by atoms with E-state index in [4.69, 9.17) is 4.74 Å². The lowest BCUT2D eigenvalue weighted by Crippen LogP contribution is -2.18. The van der Waals surface area contributed by atoms with Gasteiger partial charge in [-0.3, -0.25) is 4.79 Å². The minimum Gasteiger partial charge on any atom is -0.372 e. The van der Waals surface area contributed by atoms with Crippen LogP contribution in [-0.2, 0) is 9.53 Å². The highest BCUT2D eigenvalue weighted by Crippen LogP contribution is 2.16. The summed E-state index contributed by atoms with van der Waals surface area (Å²) in [5.74, 6) is 0.406. The Balaban J connectivity index is 2.43. The van der Waals surface area contributed by atoms with Crippen LogP contribution in [-0.4, -0.2) is 19.1 Å². The van der Waals surface area contributed by atoms with Crippen molar-refractivity contribution in [2.24, 2.45) is 0 Å². The van der Waals surface area contributed by atoms with Crippen LogP contribution >= 0.6 is 0 Å². The summed E-state index contributed by atoms with van der Waals surface area (Å²) in [5, 5.41) is 2.80. The summed E-state index contributed by atoms with van der Waals surface area (Å²) in [6.07, 6.45) is 0.927. The molecular weight excluding hydrogens is 214 g/mol. The van der Waals surface area contributed by atoms with Crippen molar-refractivity contribution in [2.45, 2.75) is 33.1 Å². The number of carbonyl (C=O) groups excluding carboxylic acids is 1. The van der Waals surface area contributed by atoms with Crippen molar-refractivity contribution in [2.75, 3.05) is 18.5 Å². The Morgan fingerprint density at radius 1 is 1.29 bits per heavy atom. The normalized spacial score (nSPS) is 10.6. The lowest BCUT2D eigenvalue weighted by Gasteiger charge is -2.08. The summed E-state index contributed by atoms with van der Waals surface area (Å²) in [5.41, 5.74) is 2.09. The second kappa shape index (κ2) is 7.07. The second-order valence-corrected chi connectivity index (χ2v) is 4.38. The number of rotatable bonds is 6. The maximum absolute atomic E-state index is 11.5. The van der Waals surface area contributed by atoms with Crippen LogP contribution in [0.15, 0.2) is 24.3 Å². The van der Waals surface area contributed by atoms with Crippen molar-refractivity contribution in [3.8, 4) is 0 Å². The highest BCUT2D eigenvalue weighted by molar-refractivity contribution is 5.91. The highest BCUT2D eigenvalue weighted by Gasteiger charge is 2.03. The van der Waals surface area contributed by atoms with Crippen molar-refractivity contribution < 1.29 is 9.53 Å². The van der Waals surface area contributed by atoms with Crippen LogP contribution in [0.4, 0.5) is 5.69 Å². The first kappa shape index (κ1) is 13.7. The number of benzene rings is 1. The largest absolute Gasteiger partial charge is 0.372 e. The Morgan fingerprint density at radius 3 is 2.47 bits per heavy atom. The zero-order chi connectivity index (χ0) is 12.7. The molecule has 1 aromatic carbocycles. The molecule has 0 aliphatic carbocycles. The molecule has 0 saturated carbocycles. The molecular formula is C14H21NO2. The number of anilines is 1. The Kier molecular flexibility index (Phi) is 5.70. The van der Waals surface area contributed by atoms with Gasteiger partial charge in [0.2, 0.25) is 5.91 Å². The number of carbonyl (C=O) groups is 1. The first-order valence-corrected chi connectivity index (χ1v) is 6.11. The molecule has 0 unspecified atom stereocenters. The van der Waals surface area contributed by atoms with Gasteiger partial charge in [-0.15, -0.1) is 0 Å². The van der Waals surface area contributed by atoms with Crippen molar-refractivity contribution in [1.29, 1.82) is 0 Å². The third-order valence-electron chi connectivity index (χ3n) is 2.44. The smallest absolute Gasteiger partial charge is 0.250 e. The molecule has 0 aromatic heterocycles. The predicted molar refractivity (Wildman–Crippen MR) is 70.3 cm³/mol. The van der Waals surface area contributed by atoms with Gasteiger partial charge in [-0.2, -0.15) is 0 Å². The monoisotopic (exact) mass is 235 g/mol. The molecule has 0 fully saturated rings. The van der Waals surface area contributed by atoms with E-state index in [9.17, 15) is 4.79 Å². The summed E-state index contributed by atoms with van der Waals surface area (Å²) in [7, 11) is 0. The van der Waals surface area contributed by atoms with Gasteiger partial charge >= 0.3 is 0 Å². The Labute approximate surface area is 103 Å². The molecule has 3 heteroatoms. The number of nitrogens with one attached hydrogen (secondary N) is 1. The number of hydrogen-bond acceptors (Lipinski definition) is 2.